The second kappa shape index (κ2) is 13.4. The van der Waals surface area contributed by atoms with Gasteiger partial charge in [-0.25, -0.2) is 8.42 Å². The van der Waals surface area contributed by atoms with Crippen molar-refractivity contribution in [1.82, 2.24) is 15.1 Å². The van der Waals surface area contributed by atoms with Crippen LogP contribution in [0.4, 0.5) is 0 Å². The van der Waals surface area contributed by atoms with E-state index in [2.05, 4.69) is 33.9 Å². The monoisotopic (exact) mass is 489 g/mol. The van der Waals surface area contributed by atoms with E-state index >= 15 is 0 Å². The molecule has 9 heteroatoms. The van der Waals surface area contributed by atoms with E-state index in [9.17, 15) is 13.2 Å². The summed E-state index contributed by atoms with van der Waals surface area (Å²) in [6, 6.07) is 6.05. The number of likely N-dealkylation sites (N-methyl/N-ethyl adjacent to an activating group) is 1. The summed E-state index contributed by atoms with van der Waals surface area (Å²) < 4.78 is 38.1. The van der Waals surface area contributed by atoms with Crippen molar-refractivity contribution >= 4 is 15.8 Å². The fourth-order valence-corrected chi connectivity index (χ4v) is 5.31. The Morgan fingerprint density at radius 2 is 1.82 bits per heavy atom. The average Bonchev–Trinajstić information content (AvgIpc) is 2.82. The van der Waals surface area contributed by atoms with Crippen LogP contribution in [0.15, 0.2) is 29.2 Å². The van der Waals surface area contributed by atoms with Crippen LogP contribution in [0.5, 0.6) is 5.75 Å². The lowest BCUT2D eigenvalue weighted by molar-refractivity contribution is -0.144. The zero-order valence-corrected chi connectivity index (χ0v) is 21.4. The number of ether oxygens (including phenoxy) is 2. The van der Waals surface area contributed by atoms with Gasteiger partial charge in [-0.1, -0.05) is 43.7 Å². The number of esters is 1. The third-order valence-electron chi connectivity index (χ3n) is 5.55. The number of piperazine rings is 1. The second-order valence-corrected chi connectivity index (χ2v) is 10.3. The van der Waals surface area contributed by atoms with Crippen LogP contribution in [0.1, 0.15) is 20.8 Å². The fourth-order valence-electron chi connectivity index (χ4n) is 3.55. The molecule has 8 nitrogen and oxygen atoms in total. The van der Waals surface area contributed by atoms with Crippen LogP contribution in [0.25, 0.3) is 0 Å². The molecule has 1 aliphatic heterocycles. The maximum absolute atomic E-state index is 13.8. The number of nitrogens with one attached hydrogen (secondary N) is 1. The molecule has 1 aromatic rings. The van der Waals surface area contributed by atoms with Gasteiger partial charge in [0.25, 0.3) is 0 Å². The molecule has 1 aromatic carbocycles. The van der Waals surface area contributed by atoms with Gasteiger partial charge in [0.05, 0.1) is 13.7 Å². The van der Waals surface area contributed by atoms with Crippen molar-refractivity contribution < 1.29 is 22.7 Å². The van der Waals surface area contributed by atoms with Crippen LogP contribution in [0, 0.1) is 29.6 Å². The van der Waals surface area contributed by atoms with Crippen LogP contribution in [-0.4, -0.2) is 89.1 Å². The number of hydrogen-bond acceptors (Lipinski definition) is 8. The molecule has 1 heterocycles. The molecule has 1 aliphatic rings. The minimum Gasteiger partial charge on any atom is -0.480 e. The summed E-state index contributed by atoms with van der Waals surface area (Å²) in [5, 5.41) is 2.02. The van der Waals surface area contributed by atoms with Crippen molar-refractivity contribution in [2.24, 2.45) is 5.92 Å². The van der Waals surface area contributed by atoms with Crippen molar-refractivity contribution in [2.75, 3.05) is 53.5 Å². The summed E-state index contributed by atoms with van der Waals surface area (Å²) >= 11 is 0. The highest BCUT2D eigenvalue weighted by molar-refractivity contribution is 7.92. The molecule has 1 saturated heterocycles. The molecular weight excluding hydrogens is 454 g/mol. The molecule has 0 amide bonds. The molecule has 2 rings (SSSR count). The summed E-state index contributed by atoms with van der Waals surface area (Å²) in [5.41, 5.74) is 0. The van der Waals surface area contributed by atoms with Gasteiger partial charge in [0, 0.05) is 26.2 Å². The molecule has 0 aromatic heterocycles. The van der Waals surface area contributed by atoms with E-state index in [0.29, 0.717) is 13.1 Å². The molecular formula is C25H35N3O5S. The van der Waals surface area contributed by atoms with Gasteiger partial charge in [-0.2, -0.15) is 0 Å². The van der Waals surface area contributed by atoms with Gasteiger partial charge < -0.3 is 14.4 Å². The smallest absolute Gasteiger partial charge is 0.323 e. The van der Waals surface area contributed by atoms with Crippen molar-refractivity contribution in [3.05, 3.63) is 24.3 Å². The van der Waals surface area contributed by atoms with Crippen molar-refractivity contribution in [3.8, 4) is 29.4 Å². The molecule has 1 N–H and O–H groups in total. The predicted molar refractivity (Wildman–Crippen MR) is 132 cm³/mol. The molecule has 1 fully saturated rings. The maximum Gasteiger partial charge on any atom is 0.323 e. The normalized spacial score (nSPS) is 16.5. The number of nitrogens with zero attached hydrogens (tertiary/aromatic N) is 2. The van der Waals surface area contributed by atoms with E-state index in [1.807, 2.05) is 25.8 Å². The van der Waals surface area contributed by atoms with E-state index in [1.165, 1.54) is 7.11 Å². The first-order valence-corrected chi connectivity index (χ1v) is 12.8. The molecule has 0 aliphatic carbocycles. The number of methoxy groups -OCH3 is 1. The molecule has 186 valence electrons. The first-order valence-electron chi connectivity index (χ1n) is 11.3. The number of carbonyl (C=O) groups is 1. The Balaban J connectivity index is 2.34. The summed E-state index contributed by atoms with van der Waals surface area (Å²) in [6.45, 7) is 8.39. The van der Waals surface area contributed by atoms with Crippen LogP contribution < -0.4 is 10.1 Å². The molecule has 0 saturated carbocycles. The number of carbonyl (C=O) groups excluding carboxylic acids is 1. The SMILES string of the molecule is CC#CCOc1ccccc1S(=O)(=O)C(C#CCNC(C(=O)OC)C(C)C)N1CCN(C)CC1. The van der Waals surface area contributed by atoms with E-state index in [1.54, 1.807) is 31.2 Å². The Hall–Kier alpha value is -2.56. The Morgan fingerprint density at radius 3 is 2.44 bits per heavy atom. The highest BCUT2D eigenvalue weighted by atomic mass is 32.2. The van der Waals surface area contributed by atoms with Crippen LogP contribution in [0.3, 0.4) is 0 Å². The van der Waals surface area contributed by atoms with Crippen molar-refractivity contribution in [2.45, 2.75) is 37.1 Å². The lowest BCUT2D eigenvalue weighted by Gasteiger charge is -2.35. The lowest BCUT2D eigenvalue weighted by Crippen LogP contribution is -2.51. The number of hydrogen-bond donors (Lipinski definition) is 1. The van der Waals surface area contributed by atoms with Crippen LogP contribution >= 0.6 is 0 Å². The standard InChI is InChI=1S/C25H35N3O5S/c1-6-7-19-33-21-11-8-9-12-22(21)34(30,31)23(28-17-15-27(4)16-18-28)13-10-14-26-24(20(2)3)25(29)32-5/h8-9,11-12,20,23-24,26H,14-19H2,1-5H3. The van der Waals surface area contributed by atoms with Gasteiger partial charge in [-0.05, 0) is 32.0 Å². The van der Waals surface area contributed by atoms with Gasteiger partial charge in [0.2, 0.25) is 9.84 Å². The second-order valence-electron chi connectivity index (χ2n) is 8.35. The summed E-state index contributed by atoms with van der Waals surface area (Å²) in [5.74, 6) is 11.3. The Kier molecular flexibility index (Phi) is 10.9. The summed E-state index contributed by atoms with van der Waals surface area (Å²) in [7, 11) is -0.536. The van der Waals surface area contributed by atoms with Crippen LogP contribution in [0.2, 0.25) is 0 Å². The van der Waals surface area contributed by atoms with Crippen molar-refractivity contribution in [3.63, 3.8) is 0 Å². The number of sulfone groups is 1. The topological polar surface area (TPSA) is 88.2 Å². The van der Waals surface area contributed by atoms with E-state index in [4.69, 9.17) is 9.47 Å². The lowest BCUT2D eigenvalue weighted by atomic mass is 10.1. The molecule has 0 radical (unpaired) electrons. The number of rotatable bonds is 9. The van der Waals surface area contributed by atoms with Gasteiger partial charge in [0.15, 0.2) is 5.37 Å². The van der Waals surface area contributed by atoms with Gasteiger partial charge in [0.1, 0.15) is 23.3 Å². The molecule has 0 bridgehead atoms. The summed E-state index contributed by atoms with van der Waals surface area (Å²) in [4.78, 5) is 16.1. The van der Waals surface area contributed by atoms with Gasteiger partial charge in [-0.3, -0.25) is 15.0 Å². The Morgan fingerprint density at radius 1 is 1.15 bits per heavy atom. The first-order chi connectivity index (χ1) is 16.2. The number of para-hydroxylation sites is 1. The van der Waals surface area contributed by atoms with Gasteiger partial charge in [-0.15, -0.1) is 5.92 Å². The quantitative estimate of drug-likeness (QED) is 0.409. The van der Waals surface area contributed by atoms with Crippen molar-refractivity contribution in [1.29, 1.82) is 0 Å². The van der Waals surface area contributed by atoms with E-state index in [0.717, 1.165) is 13.1 Å². The highest BCUT2D eigenvalue weighted by Gasteiger charge is 2.35. The predicted octanol–water partition coefficient (Wildman–Crippen LogP) is 1.23. The molecule has 0 spiro atoms. The fraction of sp³-hybridized carbons (Fsp3) is 0.560. The number of benzene rings is 1. The zero-order chi connectivity index (χ0) is 25.1. The third kappa shape index (κ3) is 7.48. The Bertz CT molecular complexity index is 1040. The minimum absolute atomic E-state index is 0.00153. The first kappa shape index (κ1) is 27.7. The van der Waals surface area contributed by atoms with Crippen LogP contribution in [-0.2, 0) is 19.4 Å². The largest absolute Gasteiger partial charge is 0.480 e. The highest BCUT2D eigenvalue weighted by Crippen LogP contribution is 2.28. The molecule has 2 unspecified atom stereocenters. The van der Waals surface area contributed by atoms with E-state index in [-0.39, 0.29) is 35.7 Å². The third-order valence-corrected chi connectivity index (χ3v) is 7.51. The maximum atomic E-state index is 13.8. The van der Waals surface area contributed by atoms with E-state index < -0.39 is 21.3 Å². The summed E-state index contributed by atoms with van der Waals surface area (Å²) in [6.07, 6.45) is 0. The molecule has 2 atom stereocenters. The Labute approximate surface area is 203 Å². The zero-order valence-electron chi connectivity index (χ0n) is 20.6. The minimum atomic E-state index is -3.88. The average molecular weight is 490 g/mol. The molecule has 34 heavy (non-hydrogen) atoms. The van der Waals surface area contributed by atoms with Gasteiger partial charge >= 0.3 is 5.97 Å².